The van der Waals surface area contributed by atoms with Crippen LogP contribution < -0.4 is 0 Å². The van der Waals surface area contributed by atoms with Crippen molar-refractivity contribution in [3.63, 3.8) is 0 Å². The van der Waals surface area contributed by atoms with Crippen LogP contribution in [0.5, 0.6) is 0 Å². The predicted molar refractivity (Wildman–Crippen MR) is 184 cm³/mol. The lowest BCUT2D eigenvalue weighted by Gasteiger charge is -2.41. The number of phosphoric acid groups is 1. The number of ether oxygens (including phenoxy) is 2. The largest absolute Gasteiger partial charge is 0.472 e. The molecule has 1 rings (SSSR count). The molecule has 0 bridgehead atoms. The standard InChI is InChI=1S/C35H67O13P/c1-3-5-7-9-11-13-14-16-18-20-22-24-29(37)47-27(25-45-28(36)23-21-19-17-15-12-10-8-6-4-2)26-46-49(43,44)48-35-33(41)31(39)30(38)32(40)34(35)42/h27,30-35,38-42H,3-26H2,1-2H3,(H,43,44)/t27-,30?,31-,32?,33?,34?,35?/m1/s1. The van der Waals surface area contributed by atoms with Gasteiger partial charge in [0.2, 0.25) is 0 Å². The van der Waals surface area contributed by atoms with Gasteiger partial charge >= 0.3 is 19.8 Å². The predicted octanol–water partition coefficient (Wildman–Crippen LogP) is 5.38. The van der Waals surface area contributed by atoms with Gasteiger partial charge in [-0.05, 0) is 12.8 Å². The summed E-state index contributed by atoms with van der Waals surface area (Å²) in [7, 11) is -5.09. The van der Waals surface area contributed by atoms with Crippen LogP contribution in [0.15, 0.2) is 0 Å². The molecule has 1 fully saturated rings. The van der Waals surface area contributed by atoms with Gasteiger partial charge in [-0.15, -0.1) is 0 Å². The van der Waals surface area contributed by atoms with Gasteiger partial charge in [0, 0.05) is 12.8 Å². The van der Waals surface area contributed by atoms with Crippen molar-refractivity contribution in [1.29, 1.82) is 0 Å². The lowest BCUT2D eigenvalue weighted by Crippen LogP contribution is -2.64. The van der Waals surface area contributed by atoms with Crippen LogP contribution in [0.2, 0.25) is 0 Å². The summed E-state index contributed by atoms with van der Waals surface area (Å²) in [4.78, 5) is 35.3. The van der Waals surface area contributed by atoms with Crippen molar-refractivity contribution >= 4 is 19.8 Å². The Kier molecular flexibility index (Phi) is 25.7. The summed E-state index contributed by atoms with van der Waals surface area (Å²) in [5, 5.41) is 49.8. The van der Waals surface area contributed by atoms with Crippen LogP contribution in [0, 0.1) is 0 Å². The van der Waals surface area contributed by atoms with Crippen LogP contribution in [-0.2, 0) is 32.7 Å². The van der Waals surface area contributed by atoms with Gasteiger partial charge in [-0.3, -0.25) is 18.6 Å². The summed E-state index contributed by atoms with van der Waals surface area (Å²) < 4.78 is 33.2. The summed E-state index contributed by atoms with van der Waals surface area (Å²) in [6.07, 6.45) is 9.12. The number of carbonyl (C=O) groups excluding carboxylic acids is 2. The number of esters is 2. The number of hydrogen-bond acceptors (Lipinski definition) is 12. The van der Waals surface area contributed by atoms with E-state index in [9.17, 15) is 44.6 Å². The van der Waals surface area contributed by atoms with Crippen molar-refractivity contribution < 1.29 is 63.1 Å². The molecule has 1 aliphatic carbocycles. The molecular weight excluding hydrogens is 659 g/mol. The first-order valence-corrected chi connectivity index (χ1v) is 20.3. The highest BCUT2D eigenvalue weighted by Crippen LogP contribution is 2.47. The van der Waals surface area contributed by atoms with Gasteiger partial charge in [-0.2, -0.15) is 0 Å². The van der Waals surface area contributed by atoms with Gasteiger partial charge in [-0.1, -0.05) is 129 Å². The molecule has 13 nitrogen and oxygen atoms in total. The molecule has 6 N–H and O–H groups in total. The fraction of sp³-hybridized carbons (Fsp3) is 0.943. The van der Waals surface area contributed by atoms with Crippen molar-refractivity contribution in [1.82, 2.24) is 0 Å². The van der Waals surface area contributed by atoms with E-state index in [0.717, 1.165) is 44.9 Å². The molecule has 8 atom stereocenters. The van der Waals surface area contributed by atoms with Crippen LogP contribution in [0.1, 0.15) is 155 Å². The molecule has 0 spiro atoms. The van der Waals surface area contributed by atoms with E-state index in [2.05, 4.69) is 13.8 Å². The van der Waals surface area contributed by atoms with E-state index in [4.69, 9.17) is 18.5 Å². The first-order valence-electron chi connectivity index (χ1n) is 18.8. The summed E-state index contributed by atoms with van der Waals surface area (Å²) in [5.41, 5.74) is 0. The average molecular weight is 727 g/mol. The van der Waals surface area contributed by atoms with Crippen LogP contribution in [0.25, 0.3) is 0 Å². The van der Waals surface area contributed by atoms with Gasteiger partial charge in [0.05, 0.1) is 6.61 Å². The van der Waals surface area contributed by atoms with Gasteiger partial charge < -0.3 is 39.9 Å². The van der Waals surface area contributed by atoms with Gasteiger partial charge in [0.25, 0.3) is 0 Å². The third-order valence-electron chi connectivity index (χ3n) is 8.95. The van der Waals surface area contributed by atoms with Gasteiger partial charge in [0.1, 0.15) is 43.2 Å². The first-order chi connectivity index (χ1) is 23.4. The third-order valence-corrected chi connectivity index (χ3v) is 9.93. The summed E-state index contributed by atoms with van der Waals surface area (Å²) in [6.45, 7) is 3.22. The zero-order chi connectivity index (χ0) is 36.5. The van der Waals surface area contributed by atoms with Crippen molar-refractivity contribution in [2.45, 2.75) is 198 Å². The molecule has 290 valence electrons. The lowest BCUT2D eigenvalue weighted by atomic mass is 9.85. The highest BCUT2D eigenvalue weighted by atomic mass is 31.2. The molecule has 1 saturated carbocycles. The Hall–Kier alpha value is -1.15. The molecule has 0 aliphatic heterocycles. The van der Waals surface area contributed by atoms with Crippen molar-refractivity contribution in [3.8, 4) is 0 Å². The number of unbranched alkanes of at least 4 members (excludes halogenated alkanes) is 18. The van der Waals surface area contributed by atoms with Crippen LogP contribution in [0.4, 0.5) is 0 Å². The number of aliphatic hydroxyl groups excluding tert-OH is 5. The number of hydrogen-bond donors (Lipinski definition) is 6. The second kappa shape index (κ2) is 27.5. The third kappa shape index (κ3) is 21.1. The summed E-state index contributed by atoms with van der Waals surface area (Å²) >= 11 is 0. The maximum absolute atomic E-state index is 12.7. The zero-order valence-corrected chi connectivity index (χ0v) is 30.9. The Morgan fingerprint density at radius 3 is 1.35 bits per heavy atom. The van der Waals surface area contributed by atoms with Gasteiger partial charge in [0.15, 0.2) is 6.10 Å². The minimum atomic E-state index is -5.09. The quantitative estimate of drug-likeness (QED) is 0.0312. The Labute approximate surface area is 293 Å². The maximum atomic E-state index is 12.7. The summed E-state index contributed by atoms with van der Waals surface area (Å²) in [5.74, 6) is -1.10. The van der Waals surface area contributed by atoms with Gasteiger partial charge in [-0.25, -0.2) is 4.57 Å². The first kappa shape index (κ1) is 45.9. The second-order valence-electron chi connectivity index (χ2n) is 13.4. The van der Waals surface area contributed by atoms with E-state index in [1.165, 1.54) is 70.6 Å². The van der Waals surface area contributed by atoms with E-state index in [-0.39, 0.29) is 12.8 Å². The molecule has 14 heteroatoms. The Balaban J connectivity index is 2.56. The zero-order valence-electron chi connectivity index (χ0n) is 30.0. The molecule has 49 heavy (non-hydrogen) atoms. The number of aliphatic hydroxyl groups is 5. The smallest absolute Gasteiger partial charge is 0.462 e. The fourth-order valence-corrected chi connectivity index (χ4v) is 6.79. The number of phosphoric ester groups is 1. The van der Waals surface area contributed by atoms with E-state index >= 15 is 0 Å². The molecule has 0 radical (unpaired) electrons. The Morgan fingerprint density at radius 2 is 0.918 bits per heavy atom. The fourth-order valence-electron chi connectivity index (χ4n) is 5.82. The molecule has 0 heterocycles. The highest BCUT2D eigenvalue weighted by molar-refractivity contribution is 7.47. The Bertz CT molecular complexity index is 891. The van der Waals surface area contributed by atoms with E-state index in [0.29, 0.717) is 12.8 Å². The maximum Gasteiger partial charge on any atom is 0.472 e. The van der Waals surface area contributed by atoms with Crippen molar-refractivity contribution in [2.24, 2.45) is 0 Å². The van der Waals surface area contributed by atoms with Crippen LogP contribution in [0.3, 0.4) is 0 Å². The molecule has 1 aliphatic rings. The topological polar surface area (TPSA) is 210 Å². The second-order valence-corrected chi connectivity index (χ2v) is 14.9. The number of rotatable bonds is 30. The molecule has 0 aromatic carbocycles. The molecular formula is C35H67O13P. The van der Waals surface area contributed by atoms with Crippen LogP contribution in [-0.4, -0.2) is 98.3 Å². The molecule has 0 amide bonds. The normalized spacial score (nSPS) is 24.3. The minimum absolute atomic E-state index is 0.103. The summed E-state index contributed by atoms with van der Waals surface area (Å²) in [6, 6.07) is 0. The Morgan fingerprint density at radius 1 is 0.551 bits per heavy atom. The van der Waals surface area contributed by atoms with E-state index in [1.807, 2.05) is 0 Å². The van der Waals surface area contributed by atoms with Crippen molar-refractivity contribution in [2.75, 3.05) is 13.2 Å². The van der Waals surface area contributed by atoms with E-state index < -0.39 is 75.7 Å². The molecule has 0 aromatic heterocycles. The molecule has 0 saturated heterocycles. The van der Waals surface area contributed by atoms with Crippen molar-refractivity contribution in [3.05, 3.63) is 0 Å². The highest BCUT2D eigenvalue weighted by Gasteiger charge is 2.51. The molecule has 6 unspecified atom stereocenters. The molecule has 0 aromatic rings. The monoisotopic (exact) mass is 726 g/mol. The van der Waals surface area contributed by atoms with E-state index in [1.54, 1.807) is 0 Å². The lowest BCUT2D eigenvalue weighted by molar-refractivity contribution is -0.220. The SMILES string of the molecule is CCCCCCCCCCCCCC(=O)O[C@H](COC(=O)CCCCCCCCCCC)COP(=O)(O)OC1C(O)C(O)C(O)[C@@H](O)C1O. The van der Waals surface area contributed by atoms with Crippen LogP contribution >= 0.6 is 7.82 Å². The minimum Gasteiger partial charge on any atom is -0.462 e. The number of carbonyl (C=O) groups is 2. The average Bonchev–Trinajstić information content (AvgIpc) is 3.07.